The number of nitrogens with one attached hydrogen (secondary N) is 1. The highest BCUT2D eigenvalue weighted by atomic mass is 79.9. The first-order valence-electron chi connectivity index (χ1n) is 5.98. The fraction of sp³-hybridized carbons (Fsp3) is 0.538. The van der Waals surface area contributed by atoms with E-state index in [-0.39, 0.29) is 5.82 Å². The Labute approximate surface area is 110 Å². The molecule has 0 aliphatic carbocycles. The molecule has 94 valence electrons. The van der Waals surface area contributed by atoms with Crippen molar-refractivity contribution in [3.8, 4) is 0 Å². The summed E-state index contributed by atoms with van der Waals surface area (Å²) in [7, 11) is 0. The molecule has 1 aliphatic rings. The third kappa shape index (κ3) is 4.05. The molecule has 0 spiro atoms. The van der Waals surface area contributed by atoms with Crippen LogP contribution in [0.5, 0.6) is 0 Å². The van der Waals surface area contributed by atoms with Crippen LogP contribution in [0.2, 0.25) is 0 Å². The summed E-state index contributed by atoms with van der Waals surface area (Å²) in [6.07, 6.45) is 2.27. The second kappa shape index (κ2) is 6.47. The van der Waals surface area contributed by atoms with Gasteiger partial charge in [-0.25, -0.2) is 4.39 Å². The molecular formula is C13H17BrFNO. The molecule has 1 aromatic carbocycles. The van der Waals surface area contributed by atoms with Gasteiger partial charge in [0.05, 0.1) is 0 Å². The molecule has 1 saturated heterocycles. The topological polar surface area (TPSA) is 21.3 Å². The van der Waals surface area contributed by atoms with Gasteiger partial charge in [0.25, 0.3) is 0 Å². The van der Waals surface area contributed by atoms with E-state index >= 15 is 0 Å². The lowest BCUT2D eigenvalue weighted by Gasteiger charge is -2.09. The summed E-state index contributed by atoms with van der Waals surface area (Å²) in [5.41, 5.74) is 0.718. The summed E-state index contributed by atoms with van der Waals surface area (Å²) < 4.78 is 19.6. The Morgan fingerprint density at radius 2 is 2.35 bits per heavy atom. The van der Waals surface area contributed by atoms with Gasteiger partial charge in [-0.15, -0.1) is 0 Å². The Kier molecular flexibility index (Phi) is 4.95. The van der Waals surface area contributed by atoms with Crippen molar-refractivity contribution in [1.82, 2.24) is 5.32 Å². The zero-order chi connectivity index (χ0) is 12.1. The van der Waals surface area contributed by atoms with Crippen LogP contribution in [0.15, 0.2) is 22.7 Å². The third-order valence-electron chi connectivity index (χ3n) is 3.08. The molecule has 17 heavy (non-hydrogen) atoms. The Morgan fingerprint density at radius 1 is 1.47 bits per heavy atom. The van der Waals surface area contributed by atoms with E-state index in [1.54, 1.807) is 0 Å². The lowest BCUT2D eigenvalue weighted by Crippen LogP contribution is -2.18. The Bertz CT molecular complexity index is 366. The van der Waals surface area contributed by atoms with Crippen molar-refractivity contribution >= 4 is 15.9 Å². The van der Waals surface area contributed by atoms with Gasteiger partial charge in [0.2, 0.25) is 0 Å². The van der Waals surface area contributed by atoms with E-state index in [0.717, 1.165) is 42.6 Å². The second-order valence-electron chi connectivity index (χ2n) is 4.43. The van der Waals surface area contributed by atoms with Gasteiger partial charge >= 0.3 is 0 Å². The molecule has 0 amide bonds. The van der Waals surface area contributed by atoms with E-state index in [4.69, 9.17) is 4.74 Å². The van der Waals surface area contributed by atoms with E-state index in [1.807, 2.05) is 12.1 Å². The van der Waals surface area contributed by atoms with Crippen molar-refractivity contribution < 1.29 is 9.13 Å². The van der Waals surface area contributed by atoms with Crippen LogP contribution in [0.25, 0.3) is 0 Å². The molecule has 1 aromatic rings. The monoisotopic (exact) mass is 301 g/mol. The molecule has 0 aromatic heterocycles. The lowest BCUT2D eigenvalue weighted by atomic mass is 10.1. The minimum atomic E-state index is -0.156. The second-order valence-corrected chi connectivity index (χ2v) is 5.35. The Balaban J connectivity index is 1.70. The van der Waals surface area contributed by atoms with Crippen LogP contribution >= 0.6 is 15.9 Å². The summed E-state index contributed by atoms with van der Waals surface area (Å²) in [5, 5.41) is 3.28. The minimum Gasteiger partial charge on any atom is -0.381 e. The molecule has 0 radical (unpaired) electrons. The van der Waals surface area contributed by atoms with E-state index in [2.05, 4.69) is 21.2 Å². The average molecular weight is 302 g/mol. The normalized spacial score (nSPS) is 19.8. The quantitative estimate of drug-likeness (QED) is 0.844. The maximum atomic E-state index is 13.5. The zero-order valence-electron chi connectivity index (χ0n) is 9.72. The standard InChI is InChI=1S/C13H17BrFNO/c14-12-2-1-11(13(15)7-12)8-16-5-3-10-4-6-17-9-10/h1-2,7,10,16H,3-6,8-9H2. The first kappa shape index (κ1) is 13.0. The van der Waals surface area contributed by atoms with Crippen molar-refractivity contribution in [2.75, 3.05) is 19.8 Å². The van der Waals surface area contributed by atoms with E-state index < -0.39 is 0 Å². The fourth-order valence-corrected chi connectivity index (χ4v) is 2.34. The lowest BCUT2D eigenvalue weighted by molar-refractivity contribution is 0.184. The van der Waals surface area contributed by atoms with Gasteiger partial charge in [-0.1, -0.05) is 22.0 Å². The number of ether oxygens (including phenoxy) is 1. The SMILES string of the molecule is Fc1cc(Br)ccc1CNCCC1CCOC1. The van der Waals surface area contributed by atoms with Crippen molar-refractivity contribution in [2.45, 2.75) is 19.4 Å². The van der Waals surface area contributed by atoms with Gasteiger partial charge in [0.15, 0.2) is 0 Å². The molecule has 1 aliphatic heterocycles. The fourth-order valence-electron chi connectivity index (χ4n) is 2.01. The van der Waals surface area contributed by atoms with Crippen LogP contribution in [0.4, 0.5) is 4.39 Å². The summed E-state index contributed by atoms with van der Waals surface area (Å²) in [6, 6.07) is 5.18. The van der Waals surface area contributed by atoms with E-state index in [1.165, 1.54) is 6.07 Å². The molecule has 2 rings (SSSR count). The molecule has 1 atom stereocenters. The van der Waals surface area contributed by atoms with Gasteiger partial charge in [-0.2, -0.15) is 0 Å². The Hall–Kier alpha value is -0.450. The number of rotatable bonds is 5. The summed E-state index contributed by atoms with van der Waals surface area (Å²) in [6.45, 7) is 3.29. The van der Waals surface area contributed by atoms with Crippen molar-refractivity contribution in [1.29, 1.82) is 0 Å². The largest absolute Gasteiger partial charge is 0.381 e. The maximum Gasteiger partial charge on any atom is 0.128 e. The van der Waals surface area contributed by atoms with Crippen LogP contribution in [0, 0.1) is 11.7 Å². The molecule has 0 saturated carbocycles. The van der Waals surface area contributed by atoms with E-state index in [0.29, 0.717) is 12.5 Å². The van der Waals surface area contributed by atoms with Crippen LogP contribution in [-0.2, 0) is 11.3 Å². The molecule has 0 bridgehead atoms. The van der Waals surface area contributed by atoms with Crippen LogP contribution in [-0.4, -0.2) is 19.8 Å². The number of hydrogen-bond donors (Lipinski definition) is 1. The van der Waals surface area contributed by atoms with Crippen molar-refractivity contribution in [3.63, 3.8) is 0 Å². The van der Waals surface area contributed by atoms with Gasteiger partial charge in [-0.3, -0.25) is 0 Å². The smallest absolute Gasteiger partial charge is 0.128 e. The predicted molar refractivity (Wildman–Crippen MR) is 69.3 cm³/mol. The van der Waals surface area contributed by atoms with Crippen LogP contribution in [0.3, 0.4) is 0 Å². The molecule has 1 unspecified atom stereocenters. The van der Waals surface area contributed by atoms with E-state index in [9.17, 15) is 4.39 Å². The highest BCUT2D eigenvalue weighted by Gasteiger charge is 2.14. The van der Waals surface area contributed by atoms with Gasteiger partial charge < -0.3 is 10.1 Å². The van der Waals surface area contributed by atoms with Crippen molar-refractivity contribution in [3.05, 3.63) is 34.1 Å². The first-order valence-corrected chi connectivity index (χ1v) is 6.77. The molecule has 2 nitrogen and oxygen atoms in total. The zero-order valence-corrected chi connectivity index (χ0v) is 11.3. The van der Waals surface area contributed by atoms with Gasteiger partial charge in [0.1, 0.15) is 5.82 Å². The highest BCUT2D eigenvalue weighted by Crippen LogP contribution is 2.16. The summed E-state index contributed by atoms with van der Waals surface area (Å²) >= 11 is 3.25. The average Bonchev–Trinajstić information content (AvgIpc) is 2.79. The summed E-state index contributed by atoms with van der Waals surface area (Å²) in [4.78, 5) is 0. The summed E-state index contributed by atoms with van der Waals surface area (Å²) in [5.74, 6) is 0.522. The molecule has 1 N–H and O–H groups in total. The number of benzene rings is 1. The Morgan fingerprint density at radius 3 is 3.06 bits per heavy atom. The van der Waals surface area contributed by atoms with Gasteiger partial charge in [-0.05, 0) is 37.4 Å². The van der Waals surface area contributed by atoms with Crippen molar-refractivity contribution in [2.24, 2.45) is 5.92 Å². The third-order valence-corrected chi connectivity index (χ3v) is 3.58. The molecule has 1 fully saturated rings. The minimum absolute atomic E-state index is 0.156. The van der Waals surface area contributed by atoms with Gasteiger partial charge in [0, 0.05) is 29.8 Å². The molecule has 1 heterocycles. The molecular weight excluding hydrogens is 285 g/mol. The predicted octanol–water partition coefficient (Wildman–Crippen LogP) is 3.10. The molecule has 4 heteroatoms. The van der Waals surface area contributed by atoms with Crippen LogP contribution < -0.4 is 5.32 Å². The number of halogens is 2. The first-order chi connectivity index (χ1) is 8.25. The van der Waals surface area contributed by atoms with Crippen LogP contribution in [0.1, 0.15) is 18.4 Å². The highest BCUT2D eigenvalue weighted by molar-refractivity contribution is 9.10. The number of hydrogen-bond acceptors (Lipinski definition) is 2. The maximum absolute atomic E-state index is 13.5.